The Labute approximate surface area is 103 Å². The van der Waals surface area contributed by atoms with Crippen molar-refractivity contribution in [3.63, 3.8) is 0 Å². The van der Waals surface area contributed by atoms with E-state index in [2.05, 4.69) is 5.32 Å². The molecule has 2 N–H and O–H groups in total. The molecule has 0 aromatic heterocycles. The topological polar surface area (TPSA) is 61.8 Å². The third-order valence-electron chi connectivity index (χ3n) is 3.15. The minimum absolute atomic E-state index is 0.0647. The first-order valence-corrected chi connectivity index (χ1v) is 6.13. The van der Waals surface area contributed by atoms with Crippen LogP contribution in [0.3, 0.4) is 0 Å². The van der Waals surface area contributed by atoms with Gasteiger partial charge >= 0.3 is 0 Å². The maximum absolute atomic E-state index is 11.9. The molecule has 0 saturated carbocycles. The molecular formula is C12H24N2O3. The van der Waals surface area contributed by atoms with Gasteiger partial charge in [0.2, 0.25) is 5.91 Å². The molecule has 2 atom stereocenters. The number of carbonyl (C=O) groups is 1. The van der Waals surface area contributed by atoms with Crippen molar-refractivity contribution in [3.8, 4) is 0 Å². The number of carbonyl (C=O) groups excluding carboxylic acids is 1. The third-order valence-corrected chi connectivity index (χ3v) is 3.15. The molecule has 0 radical (unpaired) electrons. The van der Waals surface area contributed by atoms with Crippen LogP contribution in [0.15, 0.2) is 0 Å². The molecule has 1 aliphatic heterocycles. The summed E-state index contributed by atoms with van der Waals surface area (Å²) >= 11 is 0. The van der Waals surface area contributed by atoms with E-state index in [0.29, 0.717) is 32.5 Å². The van der Waals surface area contributed by atoms with Gasteiger partial charge in [0.15, 0.2) is 0 Å². The van der Waals surface area contributed by atoms with Gasteiger partial charge in [0, 0.05) is 33.7 Å². The van der Waals surface area contributed by atoms with Gasteiger partial charge in [-0.1, -0.05) is 6.92 Å². The van der Waals surface area contributed by atoms with Crippen LogP contribution in [0.5, 0.6) is 0 Å². The number of nitrogens with zero attached hydrogens (tertiary/aromatic N) is 1. The second kappa shape index (κ2) is 6.33. The van der Waals surface area contributed by atoms with Gasteiger partial charge < -0.3 is 20.1 Å². The van der Waals surface area contributed by atoms with Crippen molar-refractivity contribution in [1.29, 1.82) is 0 Å². The molecule has 1 amide bonds. The number of ether oxygens (including phenoxy) is 1. The van der Waals surface area contributed by atoms with Crippen molar-refractivity contribution in [3.05, 3.63) is 0 Å². The molecule has 100 valence electrons. The van der Waals surface area contributed by atoms with Gasteiger partial charge in [0.1, 0.15) is 0 Å². The number of aliphatic hydroxyl groups is 1. The number of hydrogen-bond donors (Lipinski definition) is 2. The van der Waals surface area contributed by atoms with E-state index >= 15 is 0 Å². The van der Waals surface area contributed by atoms with Crippen molar-refractivity contribution in [2.75, 3.05) is 40.4 Å². The highest BCUT2D eigenvalue weighted by Crippen LogP contribution is 2.16. The van der Waals surface area contributed by atoms with E-state index in [9.17, 15) is 9.90 Å². The number of amides is 1. The van der Waals surface area contributed by atoms with Crippen LogP contribution >= 0.6 is 0 Å². The lowest BCUT2D eigenvalue weighted by molar-refractivity contribution is -0.134. The molecular weight excluding hydrogens is 220 g/mol. The Morgan fingerprint density at radius 1 is 1.65 bits per heavy atom. The lowest BCUT2D eigenvalue weighted by Crippen LogP contribution is -2.45. The van der Waals surface area contributed by atoms with Crippen molar-refractivity contribution in [2.24, 2.45) is 5.92 Å². The highest BCUT2D eigenvalue weighted by Gasteiger charge is 2.33. The Balaban J connectivity index is 2.36. The fraction of sp³-hybridized carbons (Fsp3) is 0.917. The van der Waals surface area contributed by atoms with Gasteiger partial charge in [-0.05, 0) is 18.9 Å². The van der Waals surface area contributed by atoms with E-state index in [1.165, 1.54) is 0 Å². The first-order valence-electron chi connectivity index (χ1n) is 6.13. The number of likely N-dealkylation sites (N-methyl/N-ethyl adjacent to an activating group) is 1. The fourth-order valence-electron chi connectivity index (χ4n) is 2.19. The van der Waals surface area contributed by atoms with Crippen LogP contribution < -0.4 is 5.32 Å². The predicted octanol–water partition coefficient (Wildman–Crippen LogP) is -0.158. The van der Waals surface area contributed by atoms with Gasteiger partial charge in [-0.3, -0.25) is 4.79 Å². The van der Waals surface area contributed by atoms with Gasteiger partial charge in [-0.15, -0.1) is 0 Å². The standard InChI is InChI=1S/C12H24N2O3/c1-10(7-17-3)6-11(15)14(2)9-12(16)4-5-13-8-12/h10,13,16H,4-9H2,1-3H3. The Kier molecular flexibility index (Phi) is 5.36. The predicted molar refractivity (Wildman–Crippen MR) is 65.7 cm³/mol. The Morgan fingerprint density at radius 3 is 2.88 bits per heavy atom. The van der Waals surface area contributed by atoms with Crippen molar-refractivity contribution in [1.82, 2.24) is 10.2 Å². The van der Waals surface area contributed by atoms with Crippen molar-refractivity contribution >= 4 is 5.91 Å². The quantitative estimate of drug-likeness (QED) is 0.682. The van der Waals surface area contributed by atoms with Crippen molar-refractivity contribution in [2.45, 2.75) is 25.4 Å². The van der Waals surface area contributed by atoms with Crippen LogP contribution in [0.4, 0.5) is 0 Å². The summed E-state index contributed by atoms with van der Waals surface area (Å²) < 4.78 is 5.01. The minimum atomic E-state index is -0.755. The molecule has 17 heavy (non-hydrogen) atoms. The Morgan fingerprint density at radius 2 is 2.35 bits per heavy atom. The van der Waals surface area contributed by atoms with E-state index in [4.69, 9.17) is 4.74 Å². The van der Waals surface area contributed by atoms with Crippen LogP contribution in [0.2, 0.25) is 0 Å². The summed E-state index contributed by atoms with van der Waals surface area (Å²) in [5, 5.41) is 13.3. The largest absolute Gasteiger partial charge is 0.387 e. The number of nitrogens with one attached hydrogen (secondary N) is 1. The summed E-state index contributed by atoms with van der Waals surface area (Å²) in [6.07, 6.45) is 1.17. The van der Waals surface area contributed by atoms with Crippen LogP contribution in [-0.4, -0.2) is 61.9 Å². The van der Waals surface area contributed by atoms with Crippen LogP contribution in [-0.2, 0) is 9.53 Å². The third kappa shape index (κ3) is 4.61. The maximum Gasteiger partial charge on any atom is 0.222 e. The summed E-state index contributed by atoms with van der Waals surface area (Å²) in [6.45, 7) is 4.36. The first-order chi connectivity index (χ1) is 7.97. The average molecular weight is 244 g/mol. The molecule has 1 saturated heterocycles. The van der Waals surface area contributed by atoms with Gasteiger partial charge in [0.25, 0.3) is 0 Å². The second-order valence-electron chi connectivity index (χ2n) is 5.17. The summed E-state index contributed by atoms with van der Waals surface area (Å²) in [7, 11) is 3.38. The molecule has 1 heterocycles. The number of β-amino-alcohol motifs (C(OH)–C–C–N with tert-alkyl or cyclic N) is 1. The van der Waals surface area contributed by atoms with E-state index in [1.54, 1.807) is 19.1 Å². The van der Waals surface area contributed by atoms with Crippen LogP contribution in [0.25, 0.3) is 0 Å². The van der Waals surface area contributed by atoms with Crippen molar-refractivity contribution < 1.29 is 14.6 Å². The monoisotopic (exact) mass is 244 g/mol. The molecule has 0 aromatic rings. The molecule has 5 nitrogen and oxygen atoms in total. The molecule has 0 aliphatic carbocycles. The summed E-state index contributed by atoms with van der Waals surface area (Å²) in [5.74, 6) is 0.279. The molecule has 0 bridgehead atoms. The highest BCUT2D eigenvalue weighted by atomic mass is 16.5. The summed E-state index contributed by atoms with van der Waals surface area (Å²) in [6, 6.07) is 0. The number of rotatable bonds is 6. The fourth-order valence-corrected chi connectivity index (χ4v) is 2.19. The molecule has 0 spiro atoms. The second-order valence-corrected chi connectivity index (χ2v) is 5.17. The molecule has 0 aromatic carbocycles. The lowest BCUT2D eigenvalue weighted by Gasteiger charge is -2.28. The summed E-state index contributed by atoms with van der Waals surface area (Å²) in [5.41, 5.74) is -0.755. The first kappa shape index (κ1) is 14.4. The normalized spacial score (nSPS) is 25.9. The van der Waals surface area contributed by atoms with E-state index < -0.39 is 5.60 Å². The maximum atomic E-state index is 11.9. The van der Waals surface area contributed by atoms with Gasteiger partial charge in [0.05, 0.1) is 12.1 Å². The Bertz CT molecular complexity index is 252. The van der Waals surface area contributed by atoms with Gasteiger partial charge in [-0.2, -0.15) is 0 Å². The zero-order chi connectivity index (χ0) is 12.9. The SMILES string of the molecule is COCC(C)CC(=O)N(C)CC1(O)CCNC1. The van der Waals surface area contributed by atoms with E-state index in [-0.39, 0.29) is 11.8 Å². The molecule has 1 rings (SSSR count). The zero-order valence-corrected chi connectivity index (χ0v) is 11.0. The lowest BCUT2D eigenvalue weighted by atomic mass is 10.0. The van der Waals surface area contributed by atoms with Crippen LogP contribution in [0.1, 0.15) is 19.8 Å². The Hall–Kier alpha value is -0.650. The smallest absolute Gasteiger partial charge is 0.222 e. The molecule has 1 fully saturated rings. The summed E-state index contributed by atoms with van der Waals surface area (Å²) in [4.78, 5) is 13.5. The van der Waals surface area contributed by atoms with E-state index in [1.807, 2.05) is 6.92 Å². The minimum Gasteiger partial charge on any atom is -0.387 e. The number of hydrogen-bond acceptors (Lipinski definition) is 4. The highest BCUT2D eigenvalue weighted by molar-refractivity contribution is 5.76. The zero-order valence-electron chi connectivity index (χ0n) is 11.0. The molecule has 1 aliphatic rings. The molecule has 2 unspecified atom stereocenters. The average Bonchev–Trinajstić information content (AvgIpc) is 2.65. The van der Waals surface area contributed by atoms with Crippen LogP contribution in [0, 0.1) is 5.92 Å². The molecule has 5 heteroatoms. The number of methoxy groups -OCH3 is 1. The van der Waals surface area contributed by atoms with E-state index in [0.717, 1.165) is 6.54 Å². The van der Waals surface area contributed by atoms with Gasteiger partial charge in [-0.25, -0.2) is 0 Å².